The molecule has 0 saturated heterocycles. The van der Waals surface area contributed by atoms with Gasteiger partial charge in [0.25, 0.3) is 5.91 Å². The summed E-state index contributed by atoms with van der Waals surface area (Å²) >= 11 is 0. The number of carboxylic acid groups (broad SMARTS) is 1. The van der Waals surface area contributed by atoms with Crippen LogP contribution in [0.5, 0.6) is 0 Å². The molecule has 0 atom stereocenters. The van der Waals surface area contributed by atoms with Crippen LogP contribution in [0.2, 0.25) is 0 Å². The molecule has 0 aromatic carbocycles. The molecule has 0 saturated carbocycles. The van der Waals surface area contributed by atoms with Gasteiger partial charge in [0.05, 0.1) is 0 Å². The minimum Gasteiger partial charge on any atom is -0.481 e. The van der Waals surface area contributed by atoms with E-state index < -0.39 is 24.3 Å². The van der Waals surface area contributed by atoms with Gasteiger partial charge in [0.2, 0.25) is 0 Å². The molecule has 0 heterocycles. The number of rotatable bonds is 3. The summed E-state index contributed by atoms with van der Waals surface area (Å²) < 4.78 is 0. The zero-order chi connectivity index (χ0) is 10.4. The Morgan fingerprint density at radius 2 is 1.92 bits per heavy atom. The van der Waals surface area contributed by atoms with Crippen molar-refractivity contribution in [2.45, 2.75) is 20.3 Å². The smallest absolute Gasteiger partial charge is 0.343 e. The first kappa shape index (κ1) is 11.4. The number of carbonyl (C=O) groups is 3. The minimum absolute atomic E-state index is 0.322. The Morgan fingerprint density at radius 1 is 1.38 bits per heavy atom. The van der Waals surface area contributed by atoms with E-state index in [4.69, 9.17) is 5.11 Å². The zero-order valence-corrected chi connectivity index (χ0v) is 7.36. The summed E-state index contributed by atoms with van der Waals surface area (Å²) in [6.45, 7) is 3.22. The van der Waals surface area contributed by atoms with Gasteiger partial charge in [0.15, 0.2) is 0 Å². The van der Waals surface area contributed by atoms with Gasteiger partial charge in [-0.2, -0.15) is 5.48 Å². The van der Waals surface area contributed by atoms with Gasteiger partial charge in [-0.1, -0.05) is 13.8 Å². The largest absolute Gasteiger partial charge is 0.481 e. The van der Waals surface area contributed by atoms with Crippen LogP contribution in [0.4, 0.5) is 0 Å². The maximum Gasteiger partial charge on any atom is 0.343 e. The van der Waals surface area contributed by atoms with Gasteiger partial charge >= 0.3 is 11.9 Å². The molecule has 0 aliphatic heterocycles. The average Bonchev–Trinajstić information content (AvgIpc) is 1.98. The predicted octanol–water partition coefficient (Wildman–Crippen LogP) is -0.309. The summed E-state index contributed by atoms with van der Waals surface area (Å²) in [7, 11) is 0. The lowest BCUT2D eigenvalue weighted by Crippen LogP contribution is -2.31. The van der Waals surface area contributed by atoms with Gasteiger partial charge in [0.1, 0.15) is 6.42 Å². The third kappa shape index (κ3) is 5.66. The van der Waals surface area contributed by atoms with Crippen LogP contribution in [0.3, 0.4) is 0 Å². The molecular weight excluding hydrogens is 178 g/mol. The van der Waals surface area contributed by atoms with Gasteiger partial charge in [-0.05, 0) is 0 Å². The van der Waals surface area contributed by atoms with Crippen molar-refractivity contribution in [2.24, 2.45) is 5.92 Å². The number of amides is 1. The Morgan fingerprint density at radius 3 is 2.31 bits per heavy atom. The quantitative estimate of drug-likeness (QED) is 0.469. The van der Waals surface area contributed by atoms with E-state index in [-0.39, 0.29) is 5.92 Å². The maximum atomic E-state index is 10.8. The molecule has 0 aliphatic carbocycles. The van der Waals surface area contributed by atoms with Crippen LogP contribution in [-0.2, 0) is 19.2 Å². The van der Waals surface area contributed by atoms with Gasteiger partial charge in [-0.3, -0.25) is 9.59 Å². The lowest BCUT2D eigenvalue weighted by Gasteiger charge is -2.05. The van der Waals surface area contributed by atoms with Gasteiger partial charge < -0.3 is 9.94 Å². The summed E-state index contributed by atoms with van der Waals surface area (Å²) in [5, 5.41) is 8.14. The fourth-order valence-electron chi connectivity index (χ4n) is 0.385. The van der Waals surface area contributed by atoms with Crippen molar-refractivity contribution in [2.75, 3.05) is 0 Å². The molecule has 6 heteroatoms. The van der Waals surface area contributed by atoms with Crippen LogP contribution in [0.15, 0.2) is 0 Å². The summed E-state index contributed by atoms with van der Waals surface area (Å²) in [4.78, 5) is 35.5. The Balaban J connectivity index is 3.70. The van der Waals surface area contributed by atoms with E-state index in [1.165, 1.54) is 0 Å². The van der Waals surface area contributed by atoms with Crippen molar-refractivity contribution in [3.63, 3.8) is 0 Å². The second kappa shape index (κ2) is 5.13. The topological polar surface area (TPSA) is 92.7 Å². The Kier molecular flexibility index (Phi) is 4.50. The van der Waals surface area contributed by atoms with Gasteiger partial charge in [-0.15, -0.1) is 0 Å². The average molecular weight is 189 g/mol. The summed E-state index contributed by atoms with van der Waals surface area (Å²) in [5.41, 5.74) is 1.84. The van der Waals surface area contributed by atoms with E-state index in [1.807, 2.05) is 5.48 Å². The highest BCUT2D eigenvalue weighted by molar-refractivity contribution is 5.90. The molecular formula is C7H11NO5. The lowest BCUT2D eigenvalue weighted by molar-refractivity contribution is -0.162. The molecule has 0 aliphatic rings. The third-order valence-corrected chi connectivity index (χ3v) is 1.09. The third-order valence-electron chi connectivity index (χ3n) is 1.09. The van der Waals surface area contributed by atoms with E-state index in [0.29, 0.717) is 0 Å². The van der Waals surface area contributed by atoms with E-state index in [2.05, 4.69) is 4.84 Å². The SMILES string of the molecule is CC(C)C(=O)NOC(=O)CC(=O)O. The predicted molar refractivity (Wildman–Crippen MR) is 41.3 cm³/mol. The van der Waals surface area contributed by atoms with Crippen molar-refractivity contribution < 1.29 is 24.3 Å². The van der Waals surface area contributed by atoms with Crippen molar-refractivity contribution >= 4 is 17.8 Å². The molecule has 0 aromatic rings. The normalized spacial score (nSPS) is 9.46. The molecule has 2 N–H and O–H groups in total. The second-order valence-corrected chi connectivity index (χ2v) is 2.67. The summed E-state index contributed by atoms with van der Waals surface area (Å²) in [6.07, 6.45) is -0.766. The molecule has 1 amide bonds. The molecule has 0 aromatic heterocycles. The zero-order valence-electron chi connectivity index (χ0n) is 7.36. The molecule has 74 valence electrons. The molecule has 0 unspecified atom stereocenters. The van der Waals surface area contributed by atoms with Crippen LogP contribution in [0, 0.1) is 5.92 Å². The van der Waals surface area contributed by atoms with E-state index in [0.717, 1.165) is 0 Å². The van der Waals surface area contributed by atoms with Crippen LogP contribution >= 0.6 is 0 Å². The Labute approximate surface area is 74.8 Å². The van der Waals surface area contributed by atoms with E-state index in [1.54, 1.807) is 13.8 Å². The number of hydroxylamine groups is 1. The van der Waals surface area contributed by atoms with Crippen molar-refractivity contribution in [3.05, 3.63) is 0 Å². The highest BCUT2D eigenvalue weighted by Gasteiger charge is 2.12. The van der Waals surface area contributed by atoms with Gasteiger partial charge in [0, 0.05) is 5.92 Å². The minimum atomic E-state index is -1.30. The Bertz CT molecular complexity index is 223. The number of carbonyl (C=O) groups excluding carboxylic acids is 2. The summed E-state index contributed by atoms with van der Waals surface area (Å²) in [6, 6.07) is 0. The first-order chi connectivity index (χ1) is 5.93. The number of hydrogen-bond acceptors (Lipinski definition) is 4. The maximum absolute atomic E-state index is 10.8. The number of aliphatic carboxylic acids is 1. The van der Waals surface area contributed by atoms with Crippen LogP contribution in [0.25, 0.3) is 0 Å². The summed E-state index contributed by atoms with van der Waals surface area (Å²) in [5.74, 6) is -3.10. The molecule has 0 spiro atoms. The number of hydrogen-bond donors (Lipinski definition) is 2. The Hall–Kier alpha value is -1.59. The van der Waals surface area contributed by atoms with Crippen molar-refractivity contribution in [1.82, 2.24) is 5.48 Å². The van der Waals surface area contributed by atoms with Crippen LogP contribution < -0.4 is 5.48 Å². The molecule has 6 nitrogen and oxygen atoms in total. The molecule has 0 bridgehead atoms. The first-order valence-electron chi connectivity index (χ1n) is 3.64. The lowest BCUT2D eigenvalue weighted by atomic mass is 10.2. The van der Waals surface area contributed by atoms with E-state index in [9.17, 15) is 14.4 Å². The fourth-order valence-corrected chi connectivity index (χ4v) is 0.385. The molecule has 0 radical (unpaired) electrons. The van der Waals surface area contributed by atoms with Crippen molar-refractivity contribution in [3.8, 4) is 0 Å². The van der Waals surface area contributed by atoms with Crippen LogP contribution in [-0.4, -0.2) is 23.0 Å². The molecule has 13 heavy (non-hydrogen) atoms. The second-order valence-electron chi connectivity index (χ2n) is 2.67. The highest BCUT2D eigenvalue weighted by Crippen LogP contribution is 1.91. The van der Waals surface area contributed by atoms with E-state index >= 15 is 0 Å². The monoisotopic (exact) mass is 189 g/mol. The molecule has 0 fully saturated rings. The van der Waals surface area contributed by atoms with Gasteiger partial charge in [-0.25, -0.2) is 4.79 Å². The number of carboxylic acids is 1. The fraction of sp³-hybridized carbons (Fsp3) is 0.571. The number of nitrogens with one attached hydrogen (secondary N) is 1. The molecule has 0 rings (SSSR count). The van der Waals surface area contributed by atoms with Crippen LogP contribution in [0.1, 0.15) is 20.3 Å². The first-order valence-corrected chi connectivity index (χ1v) is 3.64. The van der Waals surface area contributed by atoms with Crippen molar-refractivity contribution in [1.29, 1.82) is 0 Å². The standard InChI is InChI=1S/C7H11NO5/c1-4(2)7(12)8-13-6(11)3-5(9)10/h4H,3H2,1-2H3,(H,8,12)(H,9,10). The highest BCUT2D eigenvalue weighted by atomic mass is 16.7.